The third-order valence-corrected chi connectivity index (χ3v) is 3.09. The van der Waals surface area contributed by atoms with Gasteiger partial charge in [-0.15, -0.1) is 11.8 Å². The Morgan fingerprint density at radius 2 is 2.50 bits per heavy atom. The lowest BCUT2D eigenvalue weighted by Crippen LogP contribution is -2.45. The van der Waals surface area contributed by atoms with Gasteiger partial charge >= 0.3 is 0 Å². The molecule has 1 aliphatic heterocycles. The lowest BCUT2D eigenvalue weighted by molar-refractivity contribution is 0.0258. The van der Waals surface area contributed by atoms with Crippen LogP contribution in [0, 0.1) is 0 Å². The molecule has 0 bridgehead atoms. The molecule has 1 N–H and O–H groups in total. The van der Waals surface area contributed by atoms with E-state index in [1.807, 2.05) is 18.8 Å². The average molecular weight is 190 g/mol. The van der Waals surface area contributed by atoms with Crippen molar-refractivity contribution in [2.45, 2.75) is 5.37 Å². The lowest BCUT2D eigenvalue weighted by Gasteiger charge is -2.34. The Labute approximate surface area is 78.8 Å². The van der Waals surface area contributed by atoms with E-state index in [-0.39, 0.29) is 0 Å². The van der Waals surface area contributed by atoms with E-state index < -0.39 is 0 Å². The van der Waals surface area contributed by atoms with Crippen LogP contribution in [0.2, 0.25) is 0 Å². The second-order valence-electron chi connectivity index (χ2n) is 2.90. The van der Waals surface area contributed by atoms with Crippen molar-refractivity contribution in [1.82, 2.24) is 10.2 Å². The van der Waals surface area contributed by atoms with Crippen LogP contribution in [0.4, 0.5) is 0 Å². The van der Waals surface area contributed by atoms with Crippen LogP contribution >= 0.6 is 11.8 Å². The smallest absolute Gasteiger partial charge is 0.0792 e. The highest BCUT2D eigenvalue weighted by atomic mass is 32.2. The van der Waals surface area contributed by atoms with E-state index in [1.165, 1.54) is 0 Å². The summed E-state index contributed by atoms with van der Waals surface area (Å²) < 4.78 is 5.40. The first-order valence-corrected chi connectivity index (χ1v) is 5.66. The normalized spacial score (nSPS) is 26.0. The fourth-order valence-electron chi connectivity index (χ4n) is 1.34. The van der Waals surface area contributed by atoms with Gasteiger partial charge in [0.15, 0.2) is 0 Å². The van der Waals surface area contributed by atoms with E-state index in [4.69, 9.17) is 4.74 Å². The highest BCUT2D eigenvalue weighted by Crippen LogP contribution is 2.15. The first kappa shape index (κ1) is 10.3. The SMILES string of the molecule is CNCCN1CCOCC1SC. The number of hydrogen-bond donors (Lipinski definition) is 1. The lowest BCUT2D eigenvalue weighted by atomic mass is 10.4. The molecule has 1 atom stereocenters. The monoisotopic (exact) mass is 190 g/mol. The summed E-state index contributed by atoms with van der Waals surface area (Å²) in [6, 6.07) is 0. The highest BCUT2D eigenvalue weighted by molar-refractivity contribution is 7.99. The Kier molecular flexibility index (Phi) is 4.99. The van der Waals surface area contributed by atoms with E-state index in [1.54, 1.807) is 0 Å². The summed E-state index contributed by atoms with van der Waals surface area (Å²) in [5.41, 5.74) is 0. The highest BCUT2D eigenvalue weighted by Gasteiger charge is 2.20. The summed E-state index contributed by atoms with van der Waals surface area (Å²) in [4.78, 5) is 2.48. The van der Waals surface area contributed by atoms with Gasteiger partial charge in [-0.25, -0.2) is 0 Å². The van der Waals surface area contributed by atoms with Gasteiger partial charge in [-0.2, -0.15) is 0 Å². The number of hydrogen-bond acceptors (Lipinski definition) is 4. The molecule has 3 nitrogen and oxygen atoms in total. The zero-order valence-corrected chi connectivity index (χ0v) is 8.69. The zero-order valence-electron chi connectivity index (χ0n) is 7.88. The number of ether oxygens (including phenoxy) is 1. The standard InChI is InChI=1S/C8H18N2OS/c1-9-3-4-10-5-6-11-7-8(10)12-2/h8-9H,3-7H2,1-2H3. The molecule has 1 heterocycles. The summed E-state index contributed by atoms with van der Waals surface area (Å²) in [5.74, 6) is 0. The van der Waals surface area contributed by atoms with Crippen molar-refractivity contribution in [2.75, 3.05) is 46.2 Å². The Hall–Kier alpha value is 0.230. The van der Waals surface area contributed by atoms with Crippen LogP contribution in [0.25, 0.3) is 0 Å². The molecule has 4 heteroatoms. The summed E-state index contributed by atoms with van der Waals surface area (Å²) in [6.45, 7) is 5.04. The van der Waals surface area contributed by atoms with Crippen molar-refractivity contribution in [3.8, 4) is 0 Å². The molecule has 0 aliphatic carbocycles. The van der Waals surface area contributed by atoms with E-state index in [0.717, 1.165) is 32.8 Å². The largest absolute Gasteiger partial charge is 0.378 e. The van der Waals surface area contributed by atoms with Crippen molar-refractivity contribution < 1.29 is 4.74 Å². The first-order valence-electron chi connectivity index (χ1n) is 4.37. The number of thioether (sulfide) groups is 1. The van der Waals surface area contributed by atoms with Crippen LogP contribution in [0.1, 0.15) is 0 Å². The zero-order chi connectivity index (χ0) is 8.81. The number of morpholine rings is 1. The van der Waals surface area contributed by atoms with E-state index in [0.29, 0.717) is 5.37 Å². The maximum Gasteiger partial charge on any atom is 0.0792 e. The van der Waals surface area contributed by atoms with Crippen molar-refractivity contribution in [3.63, 3.8) is 0 Å². The van der Waals surface area contributed by atoms with Gasteiger partial charge in [-0.1, -0.05) is 0 Å². The molecule has 0 spiro atoms. The van der Waals surface area contributed by atoms with Gasteiger partial charge in [0.2, 0.25) is 0 Å². The maximum absolute atomic E-state index is 5.40. The fraction of sp³-hybridized carbons (Fsp3) is 1.00. The molecule has 72 valence electrons. The number of rotatable bonds is 4. The van der Waals surface area contributed by atoms with Crippen LogP contribution in [-0.4, -0.2) is 56.4 Å². The Bertz CT molecular complexity index is 124. The molecule has 1 unspecified atom stereocenters. The van der Waals surface area contributed by atoms with Gasteiger partial charge in [0.1, 0.15) is 0 Å². The number of likely N-dealkylation sites (N-methyl/N-ethyl adjacent to an activating group) is 1. The van der Waals surface area contributed by atoms with Crippen molar-refractivity contribution in [1.29, 1.82) is 0 Å². The second-order valence-corrected chi connectivity index (χ2v) is 3.92. The van der Waals surface area contributed by atoms with Gasteiger partial charge in [0.05, 0.1) is 18.6 Å². The van der Waals surface area contributed by atoms with Gasteiger partial charge in [-0.3, -0.25) is 4.90 Å². The number of nitrogens with zero attached hydrogens (tertiary/aromatic N) is 1. The minimum Gasteiger partial charge on any atom is -0.378 e. The van der Waals surface area contributed by atoms with Crippen molar-refractivity contribution >= 4 is 11.8 Å². The summed E-state index contributed by atoms with van der Waals surface area (Å²) in [6.07, 6.45) is 2.14. The third kappa shape index (κ3) is 2.94. The Morgan fingerprint density at radius 1 is 1.67 bits per heavy atom. The van der Waals surface area contributed by atoms with Gasteiger partial charge in [0, 0.05) is 19.6 Å². The molecule has 1 rings (SSSR count). The summed E-state index contributed by atoms with van der Waals surface area (Å²) in [5, 5.41) is 3.73. The quantitative estimate of drug-likeness (QED) is 0.686. The first-order chi connectivity index (χ1) is 5.88. The molecule has 0 aromatic rings. The van der Waals surface area contributed by atoms with Gasteiger partial charge in [-0.05, 0) is 13.3 Å². The van der Waals surface area contributed by atoms with E-state index in [9.17, 15) is 0 Å². The molecule has 0 aromatic carbocycles. The molecule has 0 aromatic heterocycles. The van der Waals surface area contributed by atoms with Crippen LogP contribution in [0.15, 0.2) is 0 Å². The fourth-order valence-corrected chi connectivity index (χ4v) is 2.08. The van der Waals surface area contributed by atoms with Gasteiger partial charge < -0.3 is 10.1 Å². The minimum absolute atomic E-state index is 0.562. The maximum atomic E-state index is 5.40. The molecular weight excluding hydrogens is 172 g/mol. The van der Waals surface area contributed by atoms with E-state index >= 15 is 0 Å². The van der Waals surface area contributed by atoms with Crippen LogP contribution in [0.5, 0.6) is 0 Å². The topological polar surface area (TPSA) is 24.5 Å². The molecule has 1 fully saturated rings. The molecule has 0 radical (unpaired) electrons. The van der Waals surface area contributed by atoms with Crippen molar-refractivity contribution in [2.24, 2.45) is 0 Å². The minimum atomic E-state index is 0.562. The molecule has 0 amide bonds. The predicted octanol–water partition coefficient (Wildman–Crippen LogP) is 0.227. The average Bonchev–Trinajstić information content (AvgIpc) is 2.15. The molecule has 1 saturated heterocycles. The van der Waals surface area contributed by atoms with Crippen LogP contribution in [0.3, 0.4) is 0 Å². The Morgan fingerprint density at radius 3 is 3.17 bits per heavy atom. The summed E-state index contributed by atoms with van der Waals surface area (Å²) >= 11 is 1.88. The second kappa shape index (κ2) is 5.80. The third-order valence-electron chi connectivity index (χ3n) is 2.11. The molecule has 1 aliphatic rings. The number of nitrogens with one attached hydrogen (secondary N) is 1. The van der Waals surface area contributed by atoms with E-state index in [2.05, 4.69) is 16.5 Å². The summed E-state index contributed by atoms with van der Waals surface area (Å²) in [7, 11) is 1.99. The molecule has 0 saturated carbocycles. The molecule has 12 heavy (non-hydrogen) atoms. The Balaban J connectivity index is 2.26. The van der Waals surface area contributed by atoms with Crippen LogP contribution < -0.4 is 5.32 Å². The predicted molar refractivity (Wildman–Crippen MR) is 53.6 cm³/mol. The molecular formula is C8H18N2OS. The van der Waals surface area contributed by atoms with Crippen LogP contribution in [-0.2, 0) is 4.74 Å². The van der Waals surface area contributed by atoms with Gasteiger partial charge in [0.25, 0.3) is 0 Å². The van der Waals surface area contributed by atoms with Crippen molar-refractivity contribution in [3.05, 3.63) is 0 Å².